The number of rotatable bonds is 4. The molecule has 0 aliphatic heterocycles. The molecule has 8 heteroatoms. The fraction of sp³-hybridized carbons (Fsp3) is 0.308. The van der Waals surface area contributed by atoms with E-state index in [1.54, 1.807) is 32.0 Å². The second kappa shape index (κ2) is 6.93. The van der Waals surface area contributed by atoms with E-state index in [9.17, 15) is 9.18 Å². The summed E-state index contributed by atoms with van der Waals surface area (Å²) >= 11 is 1.20. The van der Waals surface area contributed by atoms with Crippen LogP contribution in [0.4, 0.5) is 9.52 Å². The minimum atomic E-state index is -0.989. The summed E-state index contributed by atoms with van der Waals surface area (Å²) in [6.07, 6.45) is 0.340. The summed E-state index contributed by atoms with van der Waals surface area (Å²) in [6.45, 7) is 3.20. The van der Waals surface area contributed by atoms with E-state index in [0.717, 1.165) is 0 Å². The third-order valence-electron chi connectivity index (χ3n) is 2.57. The summed E-state index contributed by atoms with van der Waals surface area (Å²) in [6, 6.07) is 6.49. The first-order valence-electron chi connectivity index (χ1n) is 6.02. The van der Waals surface area contributed by atoms with Crippen molar-refractivity contribution in [3.8, 4) is 0 Å². The first kappa shape index (κ1) is 17.5. The average Bonchev–Trinajstić information content (AvgIpc) is 2.78. The molecule has 0 bridgehead atoms. The van der Waals surface area contributed by atoms with Gasteiger partial charge in [-0.1, -0.05) is 29.5 Å². The van der Waals surface area contributed by atoms with Crippen LogP contribution in [-0.4, -0.2) is 21.6 Å². The van der Waals surface area contributed by atoms with Crippen molar-refractivity contribution in [2.75, 3.05) is 5.32 Å². The predicted molar refractivity (Wildman–Crippen MR) is 83.3 cm³/mol. The van der Waals surface area contributed by atoms with Gasteiger partial charge >= 0.3 is 0 Å². The van der Waals surface area contributed by atoms with E-state index in [1.165, 1.54) is 17.4 Å². The number of anilines is 1. The highest BCUT2D eigenvalue weighted by molar-refractivity contribution is 7.15. The molecule has 114 valence electrons. The molecule has 0 atom stereocenters. The van der Waals surface area contributed by atoms with Crippen LogP contribution >= 0.6 is 23.7 Å². The number of nitrogens with one attached hydrogen (secondary N) is 1. The van der Waals surface area contributed by atoms with Gasteiger partial charge in [-0.2, -0.15) is 0 Å². The van der Waals surface area contributed by atoms with Gasteiger partial charge in [-0.05, 0) is 25.5 Å². The summed E-state index contributed by atoms with van der Waals surface area (Å²) in [5.41, 5.74) is 5.23. The Morgan fingerprint density at radius 2 is 2.05 bits per heavy atom. The smallest absolute Gasteiger partial charge is 0.245 e. The van der Waals surface area contributed by atoms with Gasteiger partial charge in [0.1, 0.15) is 10.8 Å². The van der Waals surface area contributed by atoms with Gasteiger partial charge < -0.3 is 5.73 Å². The van der Waals surface area contributed by atoms with Crippen molar-refractivity contribution < 1.29 is 9.18 Å². The number of benzene rings is 1. The van der Waals surface area contributed by atoms with Gasteiger partial charge in [0.15, 0.2) is 0 Å². The fourth-order valence-corrected chi connectivity index (χ4v) is 2.20. The summed E-state index contributed by atoms with van der Waals surface area (Å²) in [7, 11) is 0. The first-order valence-corrected chi connectivity index (χ1v) is 6.84. The maximum Gasteiger partial charge on any atom is 0.245 e. The summed E-state index contributed by atoms with van der Waals surface area (Å²) in [5.74, 6) is -0.623. The second-order valence-corrected chi connectivity index (χ2v) is 6.01. The van der Waals surface area contributed by atoms with Crippen molar-refractivity contribution in [3.05, 3.63) is 40.7 Å². The average molecular weight is 331 g/mol. The Bertz CT molecular complexity index is 627. The lowest BCUT2D eigenvalue weighted by Gasteiger charge is -2.15. The molecular formula is C13H16ClFN4OS. The Hall–Kier alpha value is -1.57. The summed E-state index contributed by atoms with van der Waals surface area (Å²) < 4.78 is 13.5. The zero-order valence-corrected chi connectivity index (χ0v) is 13.2. The Labute approximate surface area is 132 Å². The van der Waals surface area contributed by atoms with E-state index >= 15 is 0 Å². The largest absolute Gasteiger partial charge is 0.318 e. The lowest BCUT2D eigenvalue weighted by molar-refractivity contribution is -0.120. The monoisotopic (exact) mass is 330 g/mol. The molecule has 0 unspecified atom stereocenters. The molecule has 1 amide bonds. The lowest BCUT2D eigenvalue weighted by atomic mass is 10.1. The van der Waals surface area contributed by atoms with Gasteiger partial charge in [0, 0.05) is 6.42 Å². The summed E-state index contributed by atoms with van der Waals surface area (Å²) in [5, 5.41) is 11.4. The molecule has 2 aromatic rings. The molecule has 0 radical (unpaired) electrons. The Morgan fingerprint density at radius 3 is 2.67 bits per heavy atom. The molecule has 0 aliphatic rings. The van der Waals surface area contributed by atoms with Gasteiger partial charge in [-0.25, -0.2) is 4.39 Å². The van der Waals surface area contributed by atoms with Crippen LogP contribution in [-0.2, 0) is 11.2 Å². The highest BCUT2D eigenvalue weighted by atomic mass is 35.5. The Morgan fingerprint density at radius 1 is 1.38 bits per heavy atom. The maximum atomic E-state index is 13.5. The highest BCUT2D eigenvalue weighted by Gasteiger charge is 2.23. The first-order chi connectivity index (χ1) is 9.36. The van der Waals surface area contributed by atoms with E-state index < -0.39 is 5.54 Å². The number of carbonyl (C=O) groups is 1. The molecule has 1 aromatic heterocycles. The number of carbonyl (C=O) groups excluding carboxylic acids is 1. The third kappa shape index (κ3) is 4.73. The van der Waals surface area contributed by atoms with Crippen molar-refractivity contribution >= 4 is 34.8 Å². The minimum absolute atomic E-state index is 0. The van der Waals surface area contributed by atoms with Crippen LogP contribution in [0.25, 0.3) is 0 Å². The molecule has 21 heavy (non-hydrogen) atoms. The van der Waals surface area contributed by atoms with Gasteiger partial charge in [0.05, 0.1) is 5.54 Å². The van der Waals surface area contributed by atoms with Crippen LogP contribution in [0.5, 0.6) is 0 Å². The molecule has 0 fully saturated rings. The molecule has 0 saturated carbocycles. The molecule has 1 heterocycles. The van der Waals surface area contributed by atoms with Crippen LogP contribution in [0.2, 0.25) is 0 Å². The van der Waals surface area contributed by atoms with E-state index in [-0.39, 0.29) is 24.1 Å². The molecule has 3 N–H and O–H groups in total. The van der Waals surface area contributed by atoms with Gasteiger partial charge in [0.2, 0.25) is 11.0 Å². The minimum Gasteiger partial charge on any atom is -0.318 e. The van der Waals surface area contributed by atoms with Crippen LogP contribution in [0, 0.1) is 5.82 Å². The number of hydrogen-bond donors (Lipinski definition) is 2. The van der Waals surface area contributed by atoms with Crippen LogP contribution in [0.1, 0.15) is 24.4 Å². The molecule has 2 rings (SSSR count). The van der Waals surface area contributed by atoms with E-state index in [1.807, 2.05) is 0 Å². The van der Waals surface area contributed by atoms with Crippen molar-refractivity contribution in [3.63, 3.8) is 0 Å². The molecule has 0 spiro atoms. The van der Waals surface area contributed by atoms with Crippen molar-refractivity contribution in [1.82, 2.24) is 10.2 Å². The molecular weight excluding hydrogens is 315 g/mol. The van der Waals surface area contributed by atoms with Crippen molar-refractivity contribution in [1.29, 1.82) is 0 Å². The summed E-state index contributed by atoms with van der Waals surface area (Å²) in [4.78, 5) is 11.7. The van der Waals surface area contributed by atoms with E-state index in [4.69, 9.17) is 5.73 Å². The number of nitrogens with two attached hydrogens (primary N) is 1. The van der Waals surface area contributed by atoms with E-state index in [2.05, 4.69) is 15.5 Å². The SMILES string of the molecule is CC(C)(N)C(=O)Nc1nnc(Cc2ccccc2F)s1.Cl. The van der Waals surface area contributed by atoms with E-state index in [0.29, 0.717) is 22.1 Å². The van der Waals surface area contributed by atoms with Gasteiger partial charge in [-0.15, -0.1) is 22.6 Å². The van der Waals surface area contributed by atoms with Crippen LogP contribution < -0.4 is 11.1 Å². The number of hydrogen-bond acceptors (Lipinski definition) is 5. The number of halogens is 2. The number of nitrogens with zero attached hydrogens (tertiary/aromatic N) is 2. The molecule has 1 aromatic carbocycles. The number of amides is 1. The van der Waals surface area contributed by atoms with Crippen molar-refractivity contribution in [2.45, 2.75) is 25.8 Å². The highest BCUT2D eigenvalue weighted by Crippen LogP contribution is 2.20. The molecule has 0 saturated heterocycles. The normalized spacial score (nSPS) is 10.9. The molecule has 0 aliphatic carbocycles. The third-order valence-corrected chi connectivity index (χ3v) is 3.41. The standard InChI is InChI=1S/C13H15FN4OS.ClH/c1-13(2,15)11(19)16-12-18-17-10(20-12)7-8-5-3-4-6-9(8)14;/h3-6H,7,15H2,1-2H3,(H,16,18,19);1H. The van der Waals surface area contributed by atoms with Crippen molar-refractivity contribution in [2.24, 2.45) is 5.73 Å². The topological polar surface area (TPSA) is 80.9 Å². The quantitative estimate of drug-likeness (QED) is 0.901. The Balaban J connectivity index is 0.00000220. The van der Waals surface area contributed by atoms with Gasteiger partial charge in [0.25, 0.3) is 0 Å². The van der Waals surface area contributed by atoms with Crippen LogP contribution in [0.3, 0.4) is 0 Å². The predicted octanol–water partition coefficient (Wildman–Crippen LogP) is 2.37. The molecule has 5 nitrogen and oxygen atoms in total. The zero-order valence-electron chi connectivity index (χ0n) is 11.6. The second-order valence-electron chi connectivity index (χ2n) is 4.94. The maximum absolute atomic E-state index is 13.5. The Kier molecular flexibility index (Phi) is 5.77. The van der Waals surface area contributed by atoms with Crippen LogP contribution in [0.15, 0.2) is 24.3 Å². The lowest BCUT2D eigenvalue weighted by Crippen LogP contribution is -2.45. The van der Waals surface area contributed by atoms with Gasteiger partial charge in [-0.3, -0.25) is 10.1 Å². The number of aromatic nitrogens is 2. The fourth-order valence-electron chi connectivity index (χ4n) is 1.44. The zero-order chi connectivity index (χ0) is 14.8.